The van der Waals surface area contributed by atoms with Gasteiger partial charge >= 0.3 is 0 Å². The predicted octanol–water partition coefficient (Wildman–Crippen LogP) is 1.70. The fourth-order valence-electron chi connectivity index (χ4n) is 1.92. The maximum absolute atomic E-state index is 11.9. The quantitative estimate of drug-likeness (QED) is 0.684. The fourth-order valence-corrected chi connectivity index (χ4v) is 1.92. The third kappa shape index (κ3) is 3.33. The van der Waals surface area contributed by atoms with Gasteiger partial charge in [-0.3, -0.25) is 24.3 Å². The van der Waals surface area contributed by atoms with E-state index in [2.05, 4.69) is 5.32 Å². The Kier molecular flexibility index (Phi) is 4.13. The van der Waals surface area contributed by atoms with Crippen molar-refractivity contribution in [2.24, 2.45) is 0 Å². The molecule has 0 fully saturated rings. The maximum Gasteiger partial charge on any atom is 0.288 e. The monoisotopic (exact) mass is 287 g/mol. The van der Waals surface area contributed by atoms with Gasteiger partial charge in [-0.2, -0.15) is 0 Å². The lowest BCUT2D eigenvalue weighted by molar-refractivity contribution is -0.386. The Balaban J connectivity index is 2.23. The highest BCUT2D eigenvalue weighted by Gasteiger charge is 2.16. The van der Waals surface area contributed by atoms with Crippen LogP contribution < -0.4 is 10.9 Å². The van der Waals surface area contributed by atoms with Gasteiger partial charge in [0.1, 0.15) is 6.54 Å². The van der Waals surface area contributed by atoms with E-state index in [-0.39, 0.29) is 17.9 Å². The number of nitro groups is 1. The summed E-state index contributed by atoms with van der Waals surface area (Å²) in [6.45, 7) is 1.16. The van der Waals surface area contributed by atoms with E-state index in [1.807, 2.05) is 6.07 Å². The topological polar surface area (TPSA) is 94.2 Å². The second-order valence-electron chi connectivity index (χ2n) is 4.40. The van der Waals surface area contributed by atoms with Crippen molar-refractivity contribution in [1.82, 2.24) is 4.57 Å². The van der Waals surface area contributed by atoms with Crippen LogP contribution >= 0.6 is 0 Å². The molecule has 0 unspecified atom stereocenters. The zero-order valence-corrected chi connectivity index (χ0v) is 11.3. The number of amides is 1. The number of aromatic nitrogens is 1. The number of nitrogens with one attached hydrogen (secondary N) is 1. The Morgan fingerprint density at radius 1 is 1.24 bits per heavy atom. The number of carbonyl (C=O) groups is 1. The molecule has 1 N–H and O–H groups in total. The maximum atomic E-state index is 11.9. The molecular formula is C14H13N3O4. The molecule has 2 aromatic rings. The van der Waals surface area contributed by atoms with E-state index in [0.717, 1.165) is 16.7 Å². The lowest BCUT2D eigenvalue weighted by atomic mass is 10.3. The molecule has 0 aliphatic carbocycles. The number of rotatable bonds is 4. The first-order valence-corrected chi connectivity index (χ1v) is 6.19. The number of para-hydroxylation sites is 1. The van der Waals surface area contributed by atoms with Gasteiger partial charge in [-0.1, -0.05) is 18.2 Å². The predicted molar refractivity (Wildman–Crippen MR) is 77.2 cm³/mol. The van der Waals surface area contributed by atoms with E-state index < -0.39 is 16.4 Å². The van der Waals surface area contributed by atoms with Gasteiger partial charge in [0.25, 0.3) is 11.2 Å². The molecule has 0 aliphatic rings. The van der Waals surface area contributed by atoms with E-state index in [4.69, 9.17) is 0 Å². The van der Waals surface area contributed by atoms with Crippen LogP contribution in [-0.4, -0.2) is 15.4 Å². The van der Waals surface area contributed by atoms with Gasteiger partial charge in [0, 0.05) is 17.8 Å². The summed E-state index contributed by atoms with van der Waals surface area (Å²) in [7, 11) is 0. The summed E-state index contributed by atoms with van der Waals surface area (Å²) in [6.07, 6.45) is 0. The first kappa shape index (κ1) is 14.4. The molecule has 1 aromatic carbocycles. The van der Waals surface area contributed by atoms with Crippen LogP contribution in [0.1, 0.15) is 5.69 Å². The summed E-state index contributed by atoms with van der Waals surface area (Å²) in [5, 5.41) is 13.5. The molecule has 1 aromatic heterocycles. The molecule has 0 spiro atoms. The van der Waals surface area contributed by atoms with Crippen LogP contribution in [0.2, 0.25) is 0 Å². The lowest BCUT2D eigenvalue weighted by Gasteiger charge is -2.10. The number of hydrogen-bond acceptors (Lipinski definition) is 4. The molecule has 0 atom stereocenters. The van der Waals surface area contributed by atoms with Crippen molar-refractivity contribution in [1.29, 1.82) is 0 Å². The lowest BCUT2D eigenvalue weighted by Crippen LogP contribution is -2.29. The minimum Gasteiger partial charge on any atom is -0.325 e. The van der Waals surface area contributed by atoms with Gasteiger partial charge in [0.2, 0.25) is 5.91 Å². The van der Waals surface area contributed by atoms with Crippen LogP contribution in [0.15, 0.2) is 47.3 Å². The van der Waals surface area contributed by atoms with Crippen LogP contribution in [0.3, 0.4) is 0 Å². The second-order valence-corrected chi connectivity index (χ2v) is 4.40. The van der Waals surface area contributed by atoms with Crippen LogP contribution in [0.4, 0.5) is 11.4 Å². The number of hydrogen-bond donors (Lipinski definition) is 1. The van der Waals surface area contributed by atoms with Crippen molar-refractivity contribution in [2.45, 2.75) is 13.5 Å². The molecule has 7 heteroatoms. The van der Waals surface area contributed by atoms with Crippen molar-refractivity contribution in [3.63, 3.8) is 0 Å². The second kappa shape index (κ2) is 6.00. The van der Waals surface area contributed by atoms with Crippen molar-refractivity contribution in [3.05, 3.63) is 68.6 Å². The van der Waals surface area contributed by atoms with Crippen LogP contribution in [0, 0.1) is 17.0 Å². The molecule has 0 aliphatic heterocycles. The summed E-state index contributed by atoms with van der Waals surface area (Å²) >= 11 is 0. The highest BCUT2D eigenvalue weighted by Crippen LogP contribution is 2.14. The summed E-state index contributed by atoms with van der Waals surface area (Å²) in [5.74, 6) is -0.424. The molecular weight excluding hydrogens is 274 g/mol. The molecule has 1 heterocycles. The van der Waals surface area contributed by atoms with Crippen LogP contribution in [-0.2, 0) is 11.3 Å². The van der Waals surface area contributed by atoms with Gasteiger partial charge in [0.15, 0.2) is 0 Å². The SMILES string of the molecule is Cc1c([N+](=O)[O-])ccc(=O)n1CC(=O)Nc1ccccc1. The summed E-state index contributed by atoms with van der Waals surface area (Å²) < 4.78 is 1.08. The minimum atomic E-state index is -0.583. The zero-order chi connectivity index (χ0) is 15.4. The van der Waals surface area contributed by atoms with Crippen LogP contribution in [0.5, 0.6) is 0 Å². The first-order valence-electron chi connectivity index (χ1n) is 6.19. The van der Waals surface area contributed by atoms with Crippen LogP contribution in [0.25, 0.3) is 0 Å². The average Bonchev–Trinajstić information content (AvgIpc) is 2.44. The highest BCUT2D eigenvalue weighted by molar-refractivity contribution is 5.90. The van der Waals surface area contributed by atoms with Crippen molar-refractivity contribution in [3.8, 4) is 0 Å². The van der Waals surface area contributed by atoms with E-state index in [9.17, 15) is 19.7 Å². The van der Waals surface area contributed by atoms with E-state index in [0.29, 0.717) is 5.69 Å². The summed E-state index contributed by atoms with van der Waals surface area (Å²) in [6, 6.07) is 11.0. The van der Waals surface area contributed by atoms with Gasteiger partial charge in [-0.05, 0) is 19.1 Å². The molecule has 108 valence electrons. The standard InChI is InChI=1S/C14H13N3O4/c1-10-12(17(20)21)7-8-14(19)16(10)9-13(18)15-11-5-3-2-4-6-11/h2-8H,9H2,1H3,(H,15,18). The first-order chi connectivity index (χ1) is 9.99. The van der Waals surface area contributed by atoms with E-state index in [1.54, 1.807) is 24.3 Å². The molecule has 0 saturated carbocycles. The van der Waals surface area contributed by atoms with Gasteiger partial charge in [0.05, 0.1) is 10.6 Å². The van der Waals surface area contributed by atoms with Gasteiger partial charge in [-0.25, -0.2) is 0 Å². The summed E-state index contributed by atoms with van der Waals surface area (Å²) in [4.78, 5) is 34.0. The third-order valence-corrected chi connectivity index (χ3v) is 2.98. The van der Waals surface area contributed by atoms with E-state index >= 15 is 0 Å². The summed E-state index contributed by atoms with van der Waals surface area (Å²) in [5.41, 5.74) is 0.0952. The molecule has 21 heavy (non-hydrogen) atoms. The fraction of sp³-hybridized carbons (Fsp3) is 0.143. The Morgan fingerprint density at radius 2 is 1.90 bits per heavy atom. The van der Waals surface area contributed by atoms with Crippen molar-refractivity contribution >= 4 is 17.3 Å². The smallest absolute Gasteiger partial charge is 0.288 e. The zero-order valence-electron chi connectivity index (χ0n) is 11.3. The molecule has 1 amide bonds. The Hall–Kier alpha value is -2.96. The largest absolute Gasteiger partial charge is 0.325 e. The number of anilines is 1. The van der Waals surface area contributed by atoms with Gasteiger partial charge in [-0.15, -0.1) is 0 Å². The highest BCUT2D eigenvalue weighted by atomic mass is 16.6. The Morgan fingerprint density at radius 3 is 2.52 bits per heavy atom. The minimum absolute atomic E-state index is 0.149. The number of benzene rings is 1. The number of carbonyl (C=O) groups excluding carboxylic acids is 1. The molecule has 0 radical (unpaired) electrons. The molecule has 2 rings (SSSR count). The number of pyridine rings is 1. The Bertz CT molecular complexity index is 738. The third-order valence-electron chi connectivity index (χ3n) is 2.98. The normalized spacial score (nSPS) is 10.1. The Labute approximate surface area is 120 Å². The number of nitrogens with zero attached hydrogens (tertiary/aromatic N) is 2. The average molecular weight is 287 g/mol. The van der Waals surface area contributed by atoms with Crippen molar-refractivity contribution < 1.29 is 9.72 Å². The van der Waals surface area contributed by atoms with Gasteiger partial charge < -0.3 is 5.32 Å². The molecule has 7 nitrogen and oxygen atoms in total. The molecule has 0 saturated heterocycles. The molecule has 0 bridgehead atoms. The van der Waals surface area contributed by atoms with E-state index in [1.165, 1.54) is 6.92 Å². The van der Waals surface area contributed by atoms with Crippen molar-refractivity contribution in [2.75, 3.05) is 5.32 Å².